The molecule has 2 saturated heterocycles. The highest BCUT2D eigenvalue weighted by molar-refractivity contribution is 5.80. The van der Waals surface area contributed by atoms with Crippen molar-refractivity contribution < 1.29 is 19.3 Å². The van der Waals surface area contributed by atoms with Gasteiger partial charge < -0.3 is 19.4 Å². The highest BCUT2D eigenvalue weighted by Crippen LogP contribution is 2.21. The van der Waals surface area contributed by atoms with Crippen molar-refractivity contribution in [1.82, 2.24) is 4.90 Å². The molecule has 0 saturated carbocycles. The number of quaternary nitrogens is 2. The summed E-state index contributed by atoms with van der Waals surface area (Å²) >= 11 is 0. The van der Waals surface area contributed by atoms with Gasteiger partial charge in [-0.3, -0.25) is 4.79 Å². The lowest BCUT2D eigenvalue weighted by molar-refractivity contribution is -1.02. The minimum Gasteiger partial charge on any atom is -0.496 e. The normalized spacial score (nSPS) is 29.4. The van der Waals surface area contributed by atoms with Gasteiger partial charge in [-0.25, -0.2) is 0 Å². The van der Waals surface area contributed by atoms with Gasteiger partial charge in [0.15, 0.2) is 6.04 Å². The lowest BCUT2D eigenvalue weighted by Crippen LogP contribution is -3.29. The zero-order chi connectivity index (χ0) is 20.3. The number of nitrogens with one attached hydrogen (secondary N) is 2. The van der Waals surface area contributed by atoms with Crippen LogP contribution in [-0.4, -0.2) is 63.2 Å². The van der Waals surface area contributed by atoms with E-state index in [0.29, 0.717) is 17.7 Å². The lowest BCUT2D eigenvalue weighted by atomic mass is 9.91. The first-order chi connectivity index (χ1) is 13.4. The Bertz CT molecular complexity index is 660. The number of hydrogen-bond donors (Lipinski definition) is 2. The number of amides is 1. The highest BCUT2D eigenvalue weighted by Gasteiger charge is 2.35. The standard InChI is InChI=1S/C23H37N3O2/c1-17-6-7-22(28-5)21(13-17)16-24-8-10-25(11-9-24)20(4)23(27)26-14-18(2)12-19(3)15-26/h6-7,13,18-20H,8-12,14-16H2,1-5H3/p+2/t18-,19-,20+/m0/s1. The Hall–Kier alpha value is -1.59. The molecule has 1 amide bonds. The Balaban J connectivity index is 1.53. The van der Waals surface area contributed by atoms with Gasteiger partial charge in [-0.15, -0.1) is 0 Å². The summed E-state index contributed by atoms with van der Waals surface area (Å²) in [5.41, 5.74) is 2.57. The average molecular weight is 390 g/mol. The summed E-state index contributed by atoms with van der Waals surface area (Å²) in [6.07, 6.45) is 1.25. The Labute approximate surface area is 170 Å². The molecule has 0 unspecified atom stereocenters. The summed E-state index contributed by atoms with van der Waals surface area (Å²) < 4.78 is 5.55. The summed E-state index contributed by atoms with van der Waals surface area (Å²) in [5, 5.41) is 0. The van der Waals surface area contributed by atoms with Gasteiger partial charge in [-0.2, -0.15) is 0 Å². The second-order valence-electron chi connectivity index (χ2n) is 9.31. The highest BCUT2D eigenvalue weighted by atomic mass is 16.5. The van der Waals surface area contributed by atoms with E-state index in [2.05, 4.69) is 50.8 Å². The number of methoxy groups -OCH3 is 1. The molecule has 0 bridgehead atoms. The quantitative estimate of drug-likeness (QED) is 0.754. The number of benzene rings is 1. The first-order valence-corrected chi connectivity index (χ1v) is 11.0. The van der Waals surface area contributed by atoms with Crippen LogP contribution in [0.2, 0.25) is 0 Å². The number of hydrogen-bond acceptors (Lipinski definition) is 2. The third-order valence-corrected chi connectivity index (χ3v) is 6.64. The summed E-state index contributed by atoms with van der Waals surface area (Å²) in [5.74, 6) is 2.60. The van der Waals surface area contributed by atoms with Gasteiger partial charge >= 0.3 is 0 Å². The Morgan fingerprint density at radius 1 is 1.18 bits per heavy atom. The molecule has 3 atom stereocenters. The number of aryl methyl sites for hydroxylation is 1. The molecule has 2 heterocycles. The topological polar surface area (TPSA) is 38.4 Å². The monoisotopic (exact) mass is 389 g/mol. The van der Waals surface area contributed by atoms with Gasteiger partial charge in [0, 0.05) is 18.7 Å². The maximum Gasteiger partial charge on any atom is 0.280 e. The van der Waals surface area contributed by atoms with Crippen molar-refractivity contribution in [1.29, 1.82) is 0 Å². The number of piperazine rings is 1. The Morgan fingerprint density at radius 2 is 1.82 bits per heavy atom. The zero-order valence-corrected chi connectivity index (χ0v) is 18.4. The summed E-state index contributed by atoms with van der Waals surface area (Å²) in [4.78, 5) is 18.2. The molecular formula is C23H39N3O2+2. The molecule has 1 aromatic carbocycles. The molecule has 2 aliphatic rings. The van der Waals surface area contributed by atoms with Crippen LogP contribution < -0.4 is 14.5 Å². The largest absolute Gasteiger partial charge is 0.496 e. The van der Waals surface area contributed by atoms with Crippen LogP contribution in [0.15, 0.2) is 18.2 Å². The van der Waals surface area contributed by atoms with Crippen LogP contribution in [0.3, 0.4) is 0 Å². The fourth-order valence-electron chi connectivity index (χ4n) is 5.14. The Morgan fingerprint density at radius 3 is 2.43 bits per heavy atom. The Kier molecular flexibility index (Phi) is 7.00. The molecule has 2 fully saturated rings. The van der Waals surface area contributed by atoms with Crippen LogP contribution in [-0.2, 0) is 11.3 Å². The van der Waals surface area contributed by atoms with E-state index in [0.717, 1.165) is 51.6 Å². The van der Waals surface area contributed by atoms with Gasteiger partial charge in [0.05, 0.1) is 7.11 Å². The van der Waals surface area contributed by atoms with Crippen molar-refractivity contribution in [3.05, 3.63) is 29.3 Å². The van der Waals surface area contributed by atoms with Crippen LogP contribution >= 0.6 is 0 Å². The molecule has 3 rings (SSSR count). The van der Waals surface area contributed by atoms with Crippen molar-refractivity contribution in [2.75, 3.05) is 46.4 Å². The molecule has 0 radical (unpaired) electrons. The predicted octanol–water partition coefficient (Wildman–Crippen LogP) is 0.180. The number of rotatable bonds is 5. The van der Waals surface area contributed by atoms with Crippen LogP contribution in [0.25, 0.3) is 0 Å². The van der Waals surface area contributed by atoms with E-state index in [1.807, 2.05) is 0 Å². The van der Waals surface area contributed by atoms with Crippen molar-refractivity contribution >= 4 is 5.91 Å². The second kappa shape index (κ2) is 9.27. The molecule has 0 aliphatic carbocycles. The minimum absolute atomic E-state index is 0.0764. The van der Waals surface area contributed by atoms with E-state index in [-0.39, 0.29) is 6.04 Å². The van der Waals surface area contributed by atoms with E-state index in [9.17, 15) is 4.79 Å². The fourth-order valence-corrected chi connectivity index (χ4v) is 5.14. The third kappa shape index (κ3) is 5.06. The van der Waals surface area contributed by atoms with E-state index < -0.39 is 0 Å². The molecule has 0 spiro atoms. The molecule has 156 valence electrons. The molecule has 28 heavy (non-hydrogen) atoms. The lowest BCUT2D eigenvalue weighted by Gasteiger charge is -2.39. The van der Waals surface area contributed by atoms with Crippen molar-refractivity contribution in [2.45, 2.75) is 46.7 Å². The molecule has 0 aromatic heterocycles. The summed E-state index contributed by atoms with van der Waals surface area (Å²) in [6.45, 7) is 16.0. The maximum absolute atomic E-state index is 13.1. The molecule has 5 heteroatoms. The van der Waals surface area contributed by atoms with Crippen molar-refractivity contribution in [3.8, 4) is 5.75 Å². The molecule has 2 N–H and O–H groups in total. The number of piperidine rings is 1. The molecule has 2 aliphatic heterocycles. The molecular weight excluding hydrogens is 350 g/mol. The van der Waals surface area contributed by atoms with E-state index in [1.165, 1.54) is 22.4 Å². The zero-order valence-electron chi connectivity index (χ0n) is 18.4. The van der Waals surface area contributed by atoms with E-state index >= 15 is 0 Å². The minimum atomic E-state index is 0.0764. The summed E-state index contributed by atoms with van der Waals surface area (Å²) in [6, 6.07) is 6.51. The maximum atomic E-state index is 13.1. The predicted molar refractivity (Wildman–Crippen MR) is 112 cm³/mol. The molecule has 5 nitrogen and oxygen atoms in total. The van der Waals surface area contributed by atoms with Gasteiger partial charge in [0.1, 0.15) is 38.5 Å². The van der Waals surface area contributed by atoms with E-state index in [1.54, 1.807) is 12.0 Å². The first kappa shape index (κ1) is 21.1. The van der Waals surface area contributed by atoms with Crippen LogP contribution in [0.1, 0.15) is 38.3 Å². The first-order valence-electron chi connectivity index (χ1n) is 11.0. The average Bonchev–Trinajstić information content (AvgIpc) is 2.67. The number of likely N-dealkylation sites (tertiary alicyclic amines) is 1. The number of carbonyl (C=O) groups excluding carboxylic acids is 1. The number of carbonyl (C=O) groups is 1. The van der Waals surface area contributed by atoms with Crippen LogP contribution in [0, 0.1) is 18.8 Å². The SMILES string of the molecule is COc1ccc(C)cc1C[NH+]1CC[NH+]([C@H](C)C(=O)N2C[C@@H](C)C[C@H](C)C2)CC1. The smallest absolute Gasteiger partial charge is 0.280 e. The van der Waals surface area contributed by atoms with Gasteiger partial charge in [-0.05, 0) is 44.2 Å². The third-order valence-electron chi connectivity index (χ3n) is 6.64. The summed E-state index contributed by atoms with van der Waals surface area (Å²) in [7, 11) is 1.75. The van der Waals surface area contributed by atoms with Gasteiger partial charge in [-0.1, -0.05) is 25.5 Å². The van der Waals surface area contributed by atoms with Crippen molar-refractivity contribution in [2.24, 2.45) is 11.8 Å². The van der Waals surface area contributed by atoms with Crippen LogP contribution in [0.4, 0.5) is 0 Å². The van der Waals surface area contributed by atoms with Gasteiger partial charge in [0.2, 0.25) is 0 Å². The van der Waals surface area contributed by atoms with Gasteiger partial charge in [0.25, 0.3) is 5.91 Å². The van der Waals surface area contributed by atoms with E-state index in [4.69, 9.17) is 4.74 Å². The molecule has 1 aromatic rings. The number of nitrogens with zero attached hydrogens (tertiary/aromatic N) is 1. The van der Waals surface area contributed by atoms with Crippen LogP contribution in [0.5, 0.6) is 5.75 Å². The van der Waals surface area contributed by atoms with Crippen molar-refractivity contribution in [3.63, 3.8) is 0 Å². The second-order valence-corrected chi connectivity index (χ2v) is 9.31. The fraction of sp³-hybridized carbons (Fsp3) is 0.696. The number of ether oxygens (including phenoxy) is 1.